The molecule has 1 saturated heterocycles. The van der Waals surface area contributed by atoms with Gasteiger partial charge in [0, 0.05) is 17.9 Å². The van der Waals surface area contributed by atoms with Crippen LogP contribution >= 0.6 is 0 Å². The highest BCUT2D eigenvalue weighted by molar-refractivity contribution is 5.98. The Morgan fingerprint density at radius 3 is 2.42 bits per heavy atom. The van der Waals surface area contributed by atoms with Gasteiger partial charge in [0.05, 0.1) is 12.2 Å². The number of carbonyl (C=O) groups is 5. The summed E-state index contributed by atoms with van der Waals surface area (Å²) < 4.78 is 11.3. The van der Waals surface area contributed by atoms with Crippen molar-refractivity contribution in [3.63, 3.8) is 0 Å². The van der Waals surface area contributed by atoms with Crippen molar-refractivity contribution in [3.8, 4) is 11.1 Å². The van der Waals surface area contributed by atoms with Crippen LogP contribution in [-0.2, 0) is 23.9 Å². The van der Waals surface area contributed by atoms with Crippen molar-refractivity contribution in [1.29, 1.82) is 0 Å². The summed E-state index contributed by atoms with van der Waals surface area (Å²) in [4.78, 5) is 68.3. The summed E-state index contributed by atoms with van der Waals surface area (Å²) in [7, 11) is 0. The van der Waals surface area contributed by atoms with Crippen molar-refractivity contribution in [2.24, 2.45) is 5.92 Å². The fourth-order valence-electron chi connectivity index (χ4n) is 6.54. The van der Waals surface area contributed by atoms with Gasteiger partial charge in [-0.05, 0) is 65.0 Å². The lowest BCUT2D eigenvalue weighted by atomic mass is 10.0. The van der Waals surface area contributed by atoms with E-state index < -0.39 is 53.3 Å². The predicted octanol–water partition coefficient (Wildman–Crippen LogP) is 5.75. The van der Waals surface area contributed by atoms with Crippen LogP contribution in [0.5, 0.6) is 0 Å². The number of anilines is 1. The molecule has 1 saturated carbocycles. The van der Waals surface area contributed by atoms with Gasteiger partial charge in [-0.1, -0.05) is 73.5 Å². The molecule has 2 heterocycles. The van der Waals surface area contributed by atoms with Gasteiger partial charge in [0.15, 0.2) is 5.78 Å². The quantitative estimate of drug-likeness (QED) is 0.347. The summed E-state index contributed by atoms with van der Waals surface area (Å²) in [6, 6.07) is 15.0. The number of allylic oxidation sites excluding steroid dienone is 1. The summed E-state index contributed by atoms with van der Waals surface area (Å²) in [5.74, 6) is -1.25. The fraction of sp³-hybridized carbons (Fsp3) is 0.486. The molecule has 5 rings (SSSR count). The number of para-hydroxylation sites is 1. The zero-order valence-corrected chi connectivity index (χ0v) is 28.1. The minimum atomic E-state index is -1.03. The number of Topliss-reactive ketones (excluding diaryl/α,β-unsaturated/α-hetero) is 1. The molecule has 0 aromatic heterocycles. The van der Waals surface area contributed by atoms with Crippen LogP contribution in [0.2, 0.25) is 0 Å². The van der Waals surface area contributed by atoms with Crippen LogP contribution in [-0.4, -0.2) is 70.6 Å². The molecule has 5 atom stereocenters. The summed E-state index contributed by atoms with van der Waals surface area (Å²) in [6.45, 7) is 6.61. The zero-order valence-electron chi connectivity index (χ0n) is 28.1. The van der Waals surface area contributed by atoms with Gasteiger partial charge < -0.3 is 25.0 Å². The molecule has 0 radical (unpaired) electrons. The average Bonchev–Trinajstić information content (AvgIpc) is 3.57. The molecule has 11 heteroatoms. The molecular formula is C37H46N4O7. The lowest BCUT2D eigenvalue weighted by molar-refractivity contribution is -0.141. The van der Waals surface area contributed by atoms with Crippen LogP contribution in [0, 0.1) is 5.92 Å². The van der Waals surface area contributed by atoms with Crippen LogP contribution in [0.3, 0.4) is 0 Å². The van der Waals surface area contributed by atoms with Crippen molar-refractivity contribution in [2.45, 2.75) is 102 Å². The number of hydrogen-bond donors (Lipinski definition) is 3. The van der Waals surface area contributed by atoms with Crippen LogP contribution in [0.15, 0.2) is 66.7 Å². The SMILES string of the molecule is CC(=O)[C@@]12C[C@H]1/C=C\CCCCC[C@H](NC(=O)OC(C)(C)C)C(=O)N1C[C@H](OC(=O)Nc3ccccc3-c3ccccc3)C[C@H]1C(=O)N2. The number of nitrogens with one attached hydrogen (secondary N) is 3. The molecule has 11 nitrogen and oxygen atoms in total. The number of benzene rings is 2. The highest BCUT2D eigenvalue weighted by Gasteiger charge is 2.59. The maximum absolute atomic E-state index is 14.2. The Hall–Kier alpha value is -4.67. The third kappa shape index (κ3) is 8.42. The predicted molar refractivity (Wildman–Crippen MR) is 181 cm³/mol. The van der Waals surface area contributed by atoms with Gasteiger partial charge in [0.2, 0.25) is 11.8 Å². The first-order chi connectivity index (χ1) is 22.9. The van der Waals surface area contributed by atoms with E-state index in [0.29, 0.717) is 24.9 Å². The van der Waals surface area contributed by atoms with Crippen LogP contribution in [0.4, 0.5) is 15.3 Å². The topological polar surface area (TPSA) is 143 Å². The number of rotatable bonds is 5. The Bertz CT molecular complexity index is 1550. The maximum Gasteiger partial charge on any atom is 0.411 e. The fourth-order valence-corrected chi connectivity index (χ4v) is 6.54. The third-order valence-electron chi connectivity index (χ3n) is 9.08. The average molecular weight is 659 g/mol. The molecule has 48 heavy (non-hydrogen) atoms. The molecule has 3 aliphatic rings. The number of ether oxygens (including phenoxy) is 2. The molecular weight excluding hydrogens is 612 g/mol. The van der Waals surface area contributed by atoms with Gasteiger partial charge in [-0.15, -0.1) is 0 Å². The van der Waals surface area contributed by atoms with E-state index in [2.05, 4.69) is 16.0 Å². The standard InChI is InChI=1S/C37H46N4O7/c1-24(42)37-22-26(37)17-11-6-5-7-12-20-30(39-35(46)48-36(2,3)4)33(44)41-23-27(21-31(41)32(43)40-37)47-34(45)38-29-19-14-13-18-28(29)25-15-9-8-10-16-25/h8-11,13-19,26-27,30-31H,5-7,12,20-23H2,1-4H3,(H,38,45)(H,39,46)(H,40,43)/b17-11-/t26-,27-,30+,31+,37+/m1/s1. The monoisotopic (exact) mass is 658 g/mol. The highest BCUT2D eigenvalue weighted by atomic mass is 16.6. The summed E-state index contributed by atoms with van der Waals surface area (Å²) in [5, 5.41) is 8.50. The van der Waals surface area contributed by atoms with E-state index in [9.17, 15) is 24.0 Å². The maximum atomic E-state index is 14.2. The second-order valence-electron chi connectivity index (χ2n) is 13.9. The van der Waals surface area contributed by atoms with Crippen molar-refractivity contribution < 1.29 is 33.4 Å². The van der Waals surface area contributed by atoms with Gasteiger partial charge in [0.1, 0.15) is 29.3 Å². The van der Waals surface area contributed by atoms with Crippen LogP contribution in [0.1, 0.15) is 72.6 Å². The Balaban J connectivity index is 1.37. The first-order valence-electron chi connectivity index (χ1n) is 16.8. The lowest BCUT2D eigenvalue weighted by Crippen LogP contribution is -2.56. The van der Waals surface area contributed by atoms with E-state index in [1.807, 2.05) is 54.6 Å². The van der Waals surface area contributed by atoms with E-state index in [4.69, 9.17) is 9.47 Å². The number of alkyl carbamates (subject to hydrolysis) is 1. The summed E-state index contributed by atoms with van der Waals surface area (Å²) in [6.07, 6.45) is 5.78. The van der Waals surface area contributed by atoms with Crippen molar-refractivity contribution in [3.05, 3.63) is 66.7 Å². The molecule has 2 aromatic rings. The molecule has 2 aromatic carbocycles. The lowest BCUT2D eigenvalue weighted by Gasteiger charge is -2.30. The molecule has 4 amide bonds. The van der Waals surface area contributed by atoms with Gasteiger partial charge in [-0.2, -0.15) is 0 Å². The van der Waals surface area contributed by atoms with E-state index in [0.717, 1.165) is 30.4 Å². The van der Waals surface area contributed by atoms with E-state index >= 15 is 0 Å². The van der Waals surface area contributed by atoms with E-state index in [1.165, 1.54) is 11.8 Å². The van der Waals surface area contributed by atoms with Crippen molar-refractivity contribution in [2.75, 3.05) is 11.9 Å². The molecule has 0 spiro atoms. The molecule has 0 unspecified atom stereocenters. The molecule has 2 aliphatic heterocycles. The van der Waals surface area contributed by atoms with Gasteiger partial charge in [0.25, 0.3) is 0 Å². The Labute approximate surface area is 281 Å². The number of ketones is 1. The Morgan fingerprint density at radius 1 is 0.958 bits per heavy atom. The molecule has 0 bridgehead atoms. The number of hydrogen-bond acceptors (Lipinski definition) is 7. The van der Waals surface area contributed by atoms with Crippen LogP contribution < -0.4 is 16.0 Å². The smallest absolute Gasteiger partial charge is 0.411 e. The van der Waals surface area contributed by atoms with E-state index in [1.54, 1.807) is 32.9 Å². The Morgan fingerprint density at radius 2 is 1.69 bits per heavy atom. The number of carbonyl (C=O) groups excluding carboxylic acids is 5. The number of fused-ring (bicyclic) bond motifs is 2. The molecule has 1 aliphatic carbocycles. The molecule has 256 valence electrons. The first kappa shape index (κ1) is 34.7. The second kappa shape index (κ2) is 14.6. The van der Waals surface area contributed by atoms with Crippen LogP contribution in [0.25, 0.3) is 11.1 Å². The third-order valence-corrected chi connectivity index (χ3v) is 9.08. The summed E-state index contributed by atoms with van der Waals surface area (Å²) in [5.41, 5.74) is 0.463. The van der Waals surface area contributed by atoms with E-state index in [-0.39, 0.29) is 24.7 Å². The number of nitrogens with zero attached hydrogens (tertiary/aromatic N) is 1. The minimum absolute atomic E-state index is 0.0268. The van der Waals surface area contributed by atoms with Gasteiger partial charge in [-0.25, -0.2) is 9.59 Å². The van der Waals surface area contributed by atoms with Crippen molar-refractivity contribution >= 4 is 35.5 Å². The minimum Gasteiger partial charge on any atom is -0.444 e. The molecule has 3 N–H and O–H groups in total. The first-order valence-corrected chi connectivity index (χ1v) is 16.8. The zero-order chi connectivity index (χ0) is 34.5. The molecule has 2 fully saturated rings. The highest BCUT2D eigenvalue weighted by Crippen LogP contribution is 2.46. The van der Waals surface area contributed by atoms with Gasteiger partial charge in [-0.3, -0.25) is 19.7 Å². The number of amides is 4. The van der Waals surface area contributed by atoms with Crippen molar-refractivity contribution in [1.82, 2.24) is 15.5 Å². The normalized spacial score (nSPS) is 26.8. The Kier molecular flexibility index (Phi) is 10.6. The second-order valence-corrected chi connectivity index (χ2v) is 13.9. The largest absolute Gasteiger partial charge is 0.444 e. The summed E-state index contributed by atoms with van der Waals surface area (Å²) >= 11 is 0. The van der Waals surface area contributed by atoms with Gasteiger partial charge >= 0.3 is 12.2 Å².